The molecule has 0 bridgehead atoms. The molecule has 100 valence electrons. The third-order valence-electron chi connectivity index (χ3n) is 4.07. The molecule has 19 heavy (non-hydrogen) atoms. The molecule has 0 amide bonds. The number of alkyl halides is 1. The van der Waals surface area contributed by atoms with Gasteiger partial charge in [-0.1, -0.05) is 34.8 Å². The Morgan fingerprint density at radius 3 is 2.84 bits per heavy atom. The van der Waals surface area contributed by atoms with Crippen LogP contribution < -0.4 is 4.74 Å². The third-order valence-corrected chi connectivity index (χ3v) is 5.26. The lowest BCUT2D eigenvalue weighted by Crippen LogP contribution is -2.26. The fourth-order valence-corrected chi connectivity index (χ4v) is 3.54. The van der Waals surface area contributed by atoms with E-state index in [1.807, 2.05) is 24.4 Å². The molecule has 0 aliphatic heterocycles. The molecule has 0 unspecified atom stereocenters. The van der Waals surface area contributed by atoms with Crippen LogP contribution in [-0.4, -0.2) is 16.9 Å². The molecule has 1 aliphatic rings. The van der Waals surface area contributed by atoms with Crippen molar-refractivity contribution >= 4 is 26.8 Å². The zero-order chi connectivity index (χ0) is 13.1. The highest BCUT2D eigenvalue weighted by Crippen LogP contribution is 2.40. The van der Waals surface area contributed by atoms with Crippen molar-refractivity contribution in [1.29, 1.82) is 0 Å². The number of pyridine rings is 1. The smallest absolute Gasteiger partial charge is 0.121 e. The summed E-state index contributed by atoms with van der Waals surface area (Å²) in [7, 11) is 0. The second-order valence-corrected chi connectivity index (χ2v) is 6.05. The van der Waals surface area contributed by atoms with Crippen molar-refractivity contribution in [2.45, 2.75) is 25.7 Å². The van der Waals surface area contributed by atoms with Crippen LogP contribution in [0.3, 0.4) is 0 Å². The lowest BCUT2D eigenvalue weighted by atomic mass is 9.90. The quantitative estimate of drug-likeness (QED) is 0.770. The van der Waals surface area contributed by atoms with Crippen molar-refractivity contribution in [2.24, 2.45) is 5.41 Å². The summed E-state index contributed by atoms with van der Waals surface area (Å²) >= 11 is 3.65. The van der Waals surface area contributed by atoms with Gasteiger partial charge in [0.05, 0.1) is 12.1 Å². The standard InChI is InChI=1S/C16H18BrNO/c17-11-16(7-1-2-8-16)12-19-14-6-5-13-4-3-9-18-15(13)10-14/h3-6,9-10H,1-2,7-8,11-12H2. The number of rotatable bonds is 4. The lowest BCUT2D eigenvalue weighted by molar-refractivity contribution is 0.174. The van der Waals surface area contributed by atoms with Crippen molar-refractivity contribution in [3.05, 3.63) is 36.5 Å². The van der Waals surface area contributed by atoms with Crippen molar-refractivity contribution in [3.8, 4) is 5.75 Å². The molecule has 1 aliphatic carbocycles. The van der Waals surface area contributed by atoms with Crippen LogP contribution in [0.1, 0.15) is 25.7 Å². The first kappa shape index (κ1) is 12.9. The van der Waals surface area contributed by atoms with Crippen molar-refractivity contribution in [1.82, 2.24) is 4.98 Å². The summed E-state index contributed by atoms with van der Waals surface area (Å²) in [4.78, 5) is 4.37. The number of hydrogen-bond donors (Lipinski definition) is 0. The Hall–Kier alpha value is -1.09. The van der Waals surface area contributed by atoms with Crippen LogP contribution in [0.15, 0.2) is 36.5 Å². The second-order valence-electron chi connectivity index (χ2n) is 5.49. The van der Waals surface area contributed by atoms with Gasteiger partial charge in [-0.25, -0.2) is 0 Å². The summed E-state index contributed by atoms with van der Waals surface area (Å²) in [5.74, 6) is 0.929. The van der Waals surface area contributed by atoms with E-state index in [9.17, 15) is 0 Å². The molecule has 0 atom stereocenters. The number of fused-ring (bicyclic) bond motifs is 1. The molecule has 0 N–H and O–H groups in total. The highest BCUT2D eigenvalue weighted by atomic mass is 79.9. The fraction of sp³-hybridized carbons (Fsp3) is 0.438. The Morgan fingerprint density at radius 2 is 2.05 bits per heavy atom. The fourth-order valence-electron chi connectivity index (χ4n) is 2.81. The zero-order valence-electron chi connectivity index (χ0n) is 10.9. The highest BCUT2D eigenvalue weighted by Gasteiger charge is 2.33. The van der Waals surface area contributed by atoms with Crippen LogP contribution in [0.5, 0.6) is 5.75 Å². The van der Waals surface area contributed by atoms with E-state index in [-0.39, 0.29) is 0 Å². The minimum absolute atomic E-state index is 0.332. The zero-order valence-corrected chi connectivity index (χ0v) is 12.5. The van der Waals surface area contributed by atoms with E-state index in [0.717, 1.165) is 28.6 Å². The Bertz CT molecular complexity index is 563. The van der Waals surface area contributed by atoms with Crippen molar-refractivity contribution in [3.63, 3.8) is 0 Å². The molecule has 2 aromatic rings. The van der Waals surface area contributed by atoms with Crippen LogP contribution in [0.4, 0.5) is 0 Å². The summed E-state index contributed by atoms with van der Waals surface area (Å²) in [5.41, 5.74) is 1.33. The molecule has 2 nitrogen and oxygen atoms in total. The van der Waals surface area contributed by atoms with Gasteiger partial charge in [0.1, 0.15) is 5.75 Å². The molecule has 3 heteroatoms. The molecule has 1 aromatic carbocycles. The third kappa shape index (κ3) is 2.76. The Kier molecular flexibility index (Phi) is 3.74. The average Bonchev–Trinajstić information content (AvgIpc) is 2.94. The van der Waals surface area contributed by atoms with Gasteiger partial charge in [-0.3, -0.25) is 4.98 Å². The molecule has 0 saturated heterocycles. The first-order valence-corrected chi connectivity index (χ1v) is 7.97. The Morgan fingerprint density at radius 1 is 1.21 bits per heavy atom. The van der Waals surface area contributed by atoms with Crippen LogP contribution >= 0.6 is 15.9 Å². The molecule has 1 saturated carbocycles. The van der Waals surface area contributed by atoms with E-state index in [1.54, 1.807) is 0 Å². The predicted octanol–water partition coefficient (Wildman–Crippen LogP) is 4.57. The monoisotopic (exact) mass is 319 g/mol. The maximum absolute atomic E-state index is 6.02. The van der Waals surface area contributed by atoms with Gasteiger partial charge < -0.3 is 4.74 Å². The van der Waals surface area contributed by atoms with Crippen LogP contribution in [0.2, 0.25) is 0 Å². The summed E-state index contributed by atoms with van der Waals surface area (Å²) in [6, 6.07) is 10.2. The summed E-state index contributed by atoms with van der Waals surface area (Å²) in [5, 5.41) is 2.19. The first-order chi connectivity index (χ1) is 9.31. The van der Waals surface area contributed by atoms with E-state index in [1.165, 1.54) is 25.7 Å². The second kappa shape index (κ2) is 5.49. The maximum atomic E-state index is 6.02. The van der Waals surface area contributed by atoms with Crippen molar-refractivity contribution < 1.29 is 4.74 Å². The minimum atomic E-state index is 0.332. The summed E-state index contributed by atoms with van der Waals surface area (Å²) < 4.78 is 6.02. The van der Waals surface area contributed by atoms with E-state index in [4.69, 9.17) is 4.74 Å². The van der Waals surface area contributed by atoms with Gasteiger partial charge in [0.25, 0.3) is 0 Å². The normalized spacial score (nSPS) is 17.7. The van der Waals surface area contributed by atoms with Gasteiger partial charge in [0.15, 0.2) is 0 Å². The molecule has 3 rings (SSSR count). The molecule has 1 heterocycles. The number of aromatic nitrogens is 1. The molecule has 0 radical (unpaired) electrons. The van der Waals surface area contributed by atoms with Crippen LogP contribution in [0, 0.1) is 5.41 Å². The number of halogens is 1. The number of nitrogens with zero attached hydrogens (tertiary/aromatic N) is 1. The lowest BCUT2D eigenvalue weighted by Gasteiger charge is -2.26. The molecule has 1 aromatic heterocycles. The van der Waals surface area contributed by atoms with E-state index >= 15 is 0 Å². The average molecular weight is 320 g/mol. The van der Waals surface area contributed by atoms with Gasteiger partial charge in [-0.05, 0) is 31.0 Å². The summed E-state index contributed by atoms with van der Waals surface area (Å²) in [6.45, 7) is 0.802. The SMILES string of the molecule is BrCC1(COc2ccc3cccnc3c2)CCCC1. The molecular weight excluding hydrogens is 302 g/mol. The first-order valence-electron chi connectivity index (χ1n) is 6.85. The molecular formula is C16H18BrNO. The van der Waals surface area contributed by atoms with Crippen LogP contribution in [0.25, 0.3) is 10.9 Å². The van der Waals surface area contributed by atoms with E-state index in [2.05, 4.69) is 33.0 Å². The molecule has 1 fully saturated rings. The van der Waals surface area contributed by atoms with Gasteiger partial charge in [-0.15, -0.1) is 0 Å². The van der Waals surface area contributed by atoms with Crippen LogP contribution in [-0.2, 0) is 0 Å². The number of ether oxygens (including phenoxy) is 1. The Labute approximate surface area is 122 Å². The maximum Gasteiger partial charge on any atom is 0.121 e. The van der Waals surface area contributed by atoms with Gasteiger partial charge in [0, 0.05) is 28.4 Å². The summed E-state index contributed by atoms with van der Waals surface area (Å²) in [6.07, 6.45) is 7.01. The predicted molar refractivity (Wildman–Crippen MR) is 81.9 cm³/mol. The number of benzene rings is 1. The number of hydrogen-bond acceptors (Lipinski definition) is 2. The highest BCUT2D eigenvalue weighted by molar-refractivity contribution is 9.09. The van der Waals surface area contributed by atoms with E-state index in [0.29, 0.717) is 5.41 Å². The Balaban J connectivity index is 1.74. The van der Waals surface area contributed by atoms with Gasteiger partial charge in [0.2, 0.25) is 0 Å². The largest absolute Gasteiger partial charge is 0.493 e. The topological polar surface area (TPSA) is 22.1 Å². The van der Waals surface area contributed by atoms with Crippen molar-refractivity contribution in [2.75, 3.05) is 11.9 Å². The van der Waals surface area contributed by atoms with Gasteiger partial charge in [-0.2, -0.15) is 0 Å². The molecule has 0 spiro atoms. The van der Waals surface area contributed by atoms with Gasteiger partial charge >= 0.3 is 0 Å². The minimum Gasteiger partial charge on any atom is -0.493 e. The van der Waals surface area contributed by atoms with E-state index < -0.39 is 0 Å².